The number of rotatable bonds is 4. The Morgan fingerprint density at radius 2 is 2.10 bits per heavy atom. The van der Waals surface area contributed by atoms with Crippen molar-refractivity contribution in [2.24, 2.45) is 0 Å². The first kappa shape index (κ1) is 14.1. The molecule has 2 atom stereocenters. The van der Waals surface area contributed by atoms with Crippen molar-refractivity contribution in [3.63, 3.8) is 0 Å². The summed E-state index contributed by atoms with van der Waals surface area (Å²) in [6.45, 7) is 2.19. The van der Waals surface area contributed by atoms with Gasteiger partial charge < -0.3 is 10.1 Å². The number of nitrogens with one attached hydrogen (secondary N) is 1. The van der Waals surface area contributed by atoms with Crippen LogP contribution < -0.4 is 10.1 Å². The summed E-state index contributed by atoms with van der Waals surface area (Å²) in [6.07, 6.45) is 5.40. The maximum atomic E-state index is 5.47. The van der Waals surface area contributed by atoms with E-state index in [-0.39, 0.29) is 6.04 Å². The van der Waals surface area contributed by atoms with Crippen LogP contribution in [0.2, 0.25) is 0 Å². The molecule has 0 saturated heterocycles. The van der Waals surface area contributed by atoms with Gasteiger partial charge in [0.1, 0.15) is 5.75 Å². The van der Waals surface area contributed by atoms with Gasteiger partial charge in [-0.25, -0.2) is 0 Å². The number of ether oxygens (including phenoxy) is 1. The number of nitrogens with zero attached hydrogens (tertiary/aromatic N) is 1. The number of pyridine rings is 1. The fraction of sp³-hybridized carbons (Fsp3) is 0.389. The van der Waals surface area contributed by atoms with Gasteiger partial charge in [-0.05, 0) is 43.9 Å². The first-order valence-corrected chi connectivity index (χ1v) is 7.62. The van der Waals surface area contributed by atoms with E-state index in [9.17, 15) is 0 Å². The molecule has 1 N–H and O–H groups in total. The molecule has 1 unspecified atom stereocenters. The van der Waals surface area contributed by atoms with Crippen LogP contribution in [0.1, 0.15) is 48.7 Å². The topological polar surface area (TPSA) is 34.1 Å². The van der Waals surface area contributed by atoms with Crippen molar-refractivity contribution in [1.82, 2.24) is 10.3 Å². The Hall–Kier alpha value is -1.87. The molecule has 3 rings (SSSR count). The maximum Gasteiger partial charge on any atom is 0.123 e. The molecule has 0 saturated carbocycles. The largest absolute Gasteiger partial charge is 0.496 e. The summed E-state index contributed by atoms with van der Waals surface area (Å²) >= 11 is 0. The number of para-hydroxylation sites is 1. The summed E-state index contributed by atoms with van der Waals surface area (Å²) in [5.74, 6) is 0.939. The second kappa shape index (κ2) is 6.27. The van der Waals surface area contributed by atoms with Crippen LogP contribution in [0.3, 0.4) is 0 Å². The van der Waals surface area contributed by atoms with Crippen molar-refractivity contribution in [2.45, 2.75) is 38.3 Å². The molecule has 0 aliphatic heterocycles. The minimum absolute atomic E-state index is 0.235. The fourth-order valence-electron chi connectivity index (χ4n) is 3.19. The second-order valence-corrected chi connectivity index (χ2v) is 5.62. The Kier molecular flexibility index (Phi) is 4.20. The van der Waals surface area contributed by atoms with E-state index < -0.39 is 0 Å². The van der Waals surface area contributed by atoms with Gasteiger partial charge in [0.05, 0.1) is 18.8 Å². The fourth-order valence-corrected chi connectivity index (χ4v) is 3.19. The number of hydrogen-bond acceptors (Lipinski definition) is 3. The van der Waals surface area contributed by atoms with Gasteiger partial charge in [-0.2, -0.15) is 0 Å². The van der Waals surface area contributed by atoms with E-state index in [1.165, 1.54) is 23.2 Å². The number of fused-ring (bicyclic) bond motifs is 1. The molecule has 1 aromatic heterocycles. The van der Waals surface area contributed by atoms with Gasteiger partial charge in [0.2, 0.25) is 0 Å². The first-order valence-electron chi connectivity index (χ1n) is 7.62. The van der Waals surface area contributed by atoms with E-state index in [1.54, 1.807) is 7.11 Å². The number of aromatic nitrogens is 1. The molecule has 0 spiro atoms. The van der Waals surface area contributed by atoms with Crippen molar-refractivity contribution in [1.29, 1.82) is 0 Å². The van der Waals surface area contributed by atoms with E-state index in [0.717, 1.165) is 18.6 Å². The Bertz CT molecular complexity index is 612. The summed E-state index contributed by atoms with van der Waals surface area (Å²) in [6, 6.07) is 13.0. The molecule has 1 heterocycles. The second-order valence-electron chi connectivity index (χ2n) is 5.62. The lowest BCUT2D eigenvalue weighted by Gasteiger charge is -2.28. The molecule has 0 fully saturated rings. The molecule has 0 bridgehead atoms. The number of methoxy groups -OCH3 is 1. The van der Waals surface area contributed by atoms with Gasteiger partial charge in [0.15, 0.2) is 0 Å². The SMILES string of the molecule is COc1ccccc1[C@@H](C)NC1CCCc2cccnc21. The van der Waals surface area contributed by atoms with Crippen LogP contribution in [-0.2, 0) is 6.42 Å². The monoisotopic (exact) mass is 282 g/mol. The Balaban J connectivity index is 1.81. The lowest BCUT2D eigenvalue weighted by Crippen LogP contribution is -2.28. The van der Waals surface area contributed by atoms with Crippen molar-refractivity contribution in [3.8, 4) is 5.75 Å². The van der Waals surface area contributed by atoms with Crippen LogP contribution in [0.15, 0.2) is 42.6 Å². The average molecular weight is 282 g/mol. The minimum Gasteiger partial charge on any atom is -0.496 e. The molecule has 1 aliphatic rings. The minimum atomic E-state index is 0.235. The lowest BCUT2D eigenvalue weighted by molar-refractivity contribution is 0.378. The highest BCUT2D eigenvalue weighted by atomic mass is 16.5. The molecule has 0 radical (unpaired) electrons. The molecule has 3 heteroatoms. The third kappa shape index (κ3) is 2.93. The highest BCUT2D eigenvalue weighted by Crippen LogP contribution is 2.32. The van der Waals surface area contributed by atoms with Crippen LogP contribution >= 0.6 is 0 Å². The van der Waals surface area contributed by atoms with E-state index in [2.05, 4.69) is 35.4 Å². The van der Waals surface area contributed by atoms with E-state index in [4.69, 9.17) is 4.74 Å². The zero-order chi connectivity index (χ0) is 14.7. The predicted molar refractivity (Wildman–Crippen MR) is 84.5 cm³/mol. The maximum absolute atomic E-state index is 5.47. The Labute approximate surface area is 126 Å². The van der Waals surface area contributed by atoms with E-state index >= 15 is 0 Å². The summed E-state index contributed by atoms with van der Waals surface area (Å²) < 4.78 is 5.47. The molecule has 0 amide bonds. The van der Waals surface area contributed by atoms with Gasteiger partial charge in [-0.15, -0.1) is 0 Å². The van der Waals surface area contributed by atoms with Crippen LogP contribution in [0.25, 0.3) is 0 Å². The Morgan fingerprint density at radius 3 is 2.95 bits per heavy atom. The summed E-state index contributed by atoms with van der Waals surface area (Å²) in [5.41, 5.74) is 3.79. The standard InChI is InChI=1S/C18H22N2O/c1-13(15-9-3-4-11-17(15)21-2)20-16-10-5-7-14-8-6-12-19-18(14)16/h3-4,6,8-9,11-13,16,20H,5,7,10H2,1-2H3/t13-,16?/m1/s1. The van der Waals surface area contributed by atoms with Crippen LogP contribution in [0.4, 0.5) is 0 Å². The van der Waals surface area contributed by atoms with Crippen molar-refractivity contribution in [2.75, 3.05) is 7.11 Å². The van der Waals surface area contributed by atoms with E-state index in [1.807, 2.05) is 24.4 Å². The molecular formula is C18H22N2O. The first-order chi connectivity index (χ1) is 10.3. The highest BCUT2D eigenvalue weighted by molar-refractivity contribution is 5.36. The third-order valence-electron chi connectivity index (χ3n) is 4.25. The number of hydrogen-bond donors (Lipinski definition) is 1. The average Bonchev–Trinajstić information content (AvgIpc) is 2.55. The van der Waals surface area contributed by atoms with Crippen LogP contribution in [0.5, 0.6) is 5.75 Å². The zero-order valence-electron chi connectivity index (χ0n) is 12.7. The van der Waals surface area contributed by atoms with Crippen molar-refractivity contribution >= 4 is 0 Å². The van der Waals surface area contributed by atoms with Gasteiger partial charge >= 0.3 is 0 Å². The molecule has 1 aromatic carbocycles. The molecule has 110 valence electrons. The smallest absolute Gasteiger partial charge is 0.123 e. The third-order valence-corrected chi connectivity index (χ3v) is 4.25. The zero-order valence-corrected chi connectivity index (χ0v) is 12.7. The lowest BCUT2D eigenvalue weighted by atomic mass is 9.91. The van der Waals surface area contributed by atoms with E-state index in [0.29, 0.717) is 6.04 Å². The quantitative estimate of drug-likeness (QED) is 0.925. The summed E-state index contributed by atoms with van der Waals surface area (Å²) in [5, 5.41) is 3.72. The highest BCUT2D eigenvalue weighted by Gasteiger charge is 2.23. The van der Waals surface area contributed by atoms with Gasteiger partial charge in [-0.1, -0.05) is 24.3 Å². The van der Waals surface area contributed by atoms with Crippen molar-refractivity contribution in [3.05, 3.63) is 59.4 Å². The van der Waals surface area contributed by atoms with Crippen LogP contribution in [-0.4, -0.2) is 12.1 Å². The molecule has 1 aliphatic carbocycles. The molecule has 2 aromatic rings. The van der Waals surface area contributed by atoms with Gasteiger partial charge in [0.25, 0.3) is 0 Å². The van der Waals surface area contributed by atoms with Crippen molar-refractivity contribution < 1.29 is 4.74 Å². The normalized spacial score (nSPS) is 18.9. The molecule has 21 heavy (non-hydrogen) atoms. The number of aryl methyl sites for hydroxylation is 1. The summed E-state index contributed by atoms with van der Waals surface area (Å²) in [4.78, 5) is 4.60. The predicted octanol–water partition coefficient (Wildman–Crippen LogP) is 3.82. The molecular weight excluding hydrogens is 260 g/mol. The van der Waals surface area contributed by atoms with Gasteiger partial charge in [-0.3, -0.25) is 4.98 Å². The summed E-state index contributed by atoms with van der Waals surface area (Å²) in [7, 11) is 1.73. The number of benzene rings is 1. The Morgan fingerprint density at radius 1 is 1.24 bits per heavy atom. The van der Waals surface area contributed by atoms with Crippen LogP contribution in [0, 0.1) is 0 Å². The molecule has 3 nitrogen and oxygen atoms in total. The van der Waals surface area contributed by atoms with Gasteiger partial charge in [0, 0.05) is 17.8 Å².